The molecule has 118 valence electrons. The topological polar surface area (TPSA) is 64.3 Å². The van der Waals surface area contributed by atoms with Gasteiger partial charge in [-0.2, -0.15) is 0 Å². The molecule has 1 amide bonds. The summed E-state index contributed by atoms with van der Waals surface area (Å²) in [5.41, 5.74) is 6.74. The number of nitrogens with one attached hydrogen (secondary N) is 1. The van der Waals surface area contributed by atoms with Crippen LogP contribution in [0.2, 0.25) is 0 Å². The van der Waals surface area contributed by atoms with Crippen molar-refractivity contribution in [2.75, 3.05) is 13.7 Å². The molecule has 21 heavy (non-hydrogen) atoms. The number of carbonyl (C=O) groups excluding carboxylic acids is 1. The van der Waals surface area contributed by atoms with Crippen molar-refractivity contribution in [3.63, 3.8) is 0 Å². The summed E-state index contributed by atoms with van der Waals surface area (Å²) in [5, 5.41) is 3.02. The third-order valence-corrected chi connectivity index (χ3v) is 4.78. The number of carbonyl (C=O) groups is 1. The first-order valence-corrected chi connectivity index (χ1v) is 7.75. The Balaban J connectivity index is 0.00000220. The lowest BCUT2D eigenvalue weighted by molar-refractivity contribution is -0.126. The summed E-state index contributed by atoms with van der Waals surface area (Å²) < 4.78 is 6.17. The maximum atomic E-state index is 12.2. The molecule has 4 nitrogen and oxygen atoms in total. The van der Waals surface area contributed by atoms with Crippen molar-refractivity contribution in [2.24, 2.45) is 17.6 Å². The highest BCUT2D eigenvalue weighted by atomic mass is 79.9. The Morgan fingerprint density at radius 1 is 1.48 bits per heavy atom. The van der Waals surface area contributed by atoms with Gasteiger partial charge in [0.1, 0.15) is 5.75 Å². The zero-order chi connectivity index (χ0) is 14.5. The smallest absolute Gasteiger partial charge is 0.223 e. The number of hydrogen-bond acceptors (Lipinski definition) is 3. The van der Waals surface area contributed by atoms with Crippen molar-refractivity contribution in [3.8, 4) is 5.75 Å². The molecule has 1 aromatic carbocycles. The number of nitrogens with two attached hydrogens (primary N) is 1. The van der Waals surface area contributed by atoms with Crippen molar-refractivity contribution >= 4 is 34.2 Å². The van der Waals surface area contributed by atoms with Gasteiger partial charge in [-0.1, -0.05) is 22.4 Å². The maximum absolute atomic E-state index is 12.2. The molecule has 0 saturated heterocycles. The van der Waals surface area contributed by atoms with Gasteiger partial charge in [-0.3, -0.25) is 4.79 Å². The standard InChI is InChI=1S/C15H21BrN2O2.ClH/c1-20-12-5-6-14(16)11(7-12)9-18-15(19)13-4-2-3-10(13)8-17;/h5-7,10,13H,2-4,8-9,17H2,1H3,(H,18,19);1H/t10-,13-;/m1./s1. The van der Waals surface area contributed by atoms with Gasteiger partial charge in [0.25, 0.3) is 0 Å². The Labute approximate surface area is 140 Å². The summed E-state index contributed by atoms with van der Waals surface area (Å²) in [6.07, 6.45) is 3.12. The van der Waals surface area contributed by atoms with Crippen molar-refractivity contribution in [1.29, 1.82) is 0 Å². The van der Waals surface area contributed by atoms with E-state index in [9.17, 15) is 4.79 Å². The van der Waals surface area contributed by atoms with Crippen LogP contribution in [0.25, 0.3) is 0 Å². The van der Waals surface area contributed by atoms with E-state index in [4.69, 9.17) is 10.5 Å². The van der Waals surface area contributed by atoms with Gasteiger partial charge in [0, 0.05) is 16.9 Å². The number of ether oxygens (including phenoxy) is 1. The Morgan fingerprint density at radius 3 is 2.90 bits per heavy atom. The minimum absolute atomic E-state index is 0. The molecule has 1 fully saturated rings. The van der Waals surface area contributed by atoms with Crippen LogP contribution in [-0.2, 0) is 11.3 Å². The molecule has 0 spiro atoms. The fraction of sp³-hybridized carbons (Fsp3) is 0.533. The molecule has 1 saturated carbocycles. The maximum Gasteiger partial charge on any atom is 0.223 e. The summed E-state index contributed by atoms with van der Waals surface area (Å²) in [6, 6.07) is 5.74. The first kappa shape index (κ1) is 18.3. The number of methoxy groups -OCH3 is 1. The van der Waals surface area contributed by atoms with Crippen molar-refractivity contribution < 1.29 is 9.53 Å². The first-order chi connectivity index (χ1) is 9.65. The van der Waals surface area contributed by atoms with E-state index in [2.05, 4.69) is 21.2 Å². The Kier molecular flexibility index (Phi) is 7.49. The van der Waals surface area contributed by atoms with E-state index >= 15 is 0 Å². The molecule has 6 heteroatoms. The predicted molar refractivity (Wildman–Crippen MR) is 89.7 cm³/mol. The molecule has 2 atom stereocenters. The van der Waals surface area contributed by atoms with Crippen LogP contribution in [0.4, 0.5) is 0 Å². The van der Waals surface area contributed by atoms with E-state index in [1.165, 1.54) is 0 Å². The summed E-state index contributed by atoms with van der Waals surface area (Å²) >= 11 is 3.49. The fourth-order valence-electron chi connectivity index (χ4n) is 2.79. The minimum atomic E-state index is 0. The summed E-state index contributed by atoms with van der Waals surface area (Å²) in [5.74, 6) is 1.32. The van der Waals surface area contributed by atoms with Gasteiger partial charge < -0.3 is 15.8 Å². The number of halogens is 2. The molecule has 3 N–H and O–H groups in total. The van der Waals surface area contributed by atoms with E-state index in [0.29, 0.717) is 19.0 Å². The molecule has 0 radical (unpaired) electrons. The normalized spacial score (nSPS) is 20.7. The predicted octanol–water partition coefficient (Wildman–Crippen LogP) is 2.87. The van der Waals surface area contributed by atoms with Gasteiger partial charge in [-0.15, -0.1) is 12.4 Å². The SMILES string of the molecule is COc1ccc(Br)c(CNC(=O)[C@@H]2CCC[C@@H]2CN)c1.Cl. The van der Waals surface area contributed by atoms with Gasteiger partial charge in [0.2, 0.25) is 5.91 Å². The highest BCUT2D eigenvalue weighted by molar-refractivity contribution is 9.10. The van der Waals surface area contributed by atoms with Crippen LogP contribution >= 0.6 is 28.3 Å². The largest absolute Gasteiger partial charge is 0.497 e. The lowest BCUT2D eigenvalue weighted by Gasteiger charge is -2.17. The minimum Gasteiger partial charge on any atom is -0.497 e. The lowest BCUT2D eigenvalue weighted by Crippen LogP contribution is -2.34. The monoisotopic (exact) mass is 376 g/mol. The molecular weight excluding hydrogens is 356 g/mol. The van der Waals surface area contributed by atoms with Crippen LogP contribution in [0.15, 0.2) is 22.7 Å². The van der Waals surface area contributed by atoms with Crippen LogP contribution in [0.5, 0.6) is 5.75 Å². The Bertz CT molecular complexity index is 485. The van der Waals surface area contributed by atoms with E-state index in [-0.39, 0.29) is 24.2 Å². The molecule has 1 aliphatic rings. The van der Waals surface area contributed by atoms with E-state index in [0.717, 1.165) is 35.0 Å². The average molecular weight is 378 g/mol. The summed E-state index contributed by atoms with van der Waals surface area (Å²) in [6.45, 7) is 1.10. The van der Waals surface area contributed by atoms with Gasteiger partial charge in [0.05, 0.1) is 7.11 Å². The summed E-state index contributed by atoms with van der Waals surface area (Å²) in [7, 11) is 1.63. The Hall–Kier alpha value is -0.780. The lowest BCUT2D eigenvalue weighted by atomic mass is 9.95. The number of benzene rings is 1. The Morgan fingerprint density at radius 2 is 2.24 bits per heavy atom. The third-order valence-electron chi connectivity index (χ3n) is 4.00. The quantitative estimate of drug-likeness (QED) is 0.829. The van der Waals surface area contributed by atoms with Crippen LogP contribution < -0.4 is 15.8 Å². The molecule has 1 aromatic rings. The molecule has 0 unspecified atom stereocenters. The van der Waals surface area contributed by atoms with Gasteiger partial charge in [-0.05, 0) is 49.1 Å². The second kappa shape index (κ2) is 8.61. The van der Waals surface area contributed by atoms with Crippen molar-refractivity contribution in [3.05, 3.63) is 28.2 Å². The average Bonchev–Trinajstić information content (AvgIpc) is 2.94. The second-order valence-electron chi connectivity index (χ2n) is 5.21. The molecule has 0 aliphatic heterocycles. The zero-order valence-electron chi connectivity index (χ0n) is 12.1. The third kappa shape index (κ3) is 4.59. The zero-order valence-corrected chi connectivity index (χ0v) is 14.5. The van der Waals surface area contributed by atoms with E-state index < -0.39 is 0 Å². The second-order valence-corrected chi connectivity index (χ2v) is 6.06. The molecular formula is C15H22BrClN2O2. The van der Waals surface area contributed by atoms with Crippen LogP contribution in [0, 0.1) is 11.8 Å². The molecule has 1 aliphatic carbocycles. The van der Waals surface area contributed by atoms with Crippen LogP contribution in [0.1, 0.15) is 24.8 Å². The van der Waals surface area contributed by atoms with Gasteiger partial charge in [0.15, 0.2) is 0 Å². The summed E-state index contributed by atoms with van der Waals surface area (Å²) in [4.78, 5) is 12.2. The van der Waals surface area contributed by atoms with Crippen molar-refractivity contribution in [1.82, 2.24) is 5.32 Å². The molecule has 0 heterocycles. The highest BCUT2D eigenvalue weighted by Gasteiger charge is 2.31. The van der Waals surface area contributed by atoms with Crippen LogP contribution in [-0.4, -0.2) is 19.6 Å². The molecule has 0 aromatic heterocycles. The van der Waals surface area contributed by atoms with Crippen molar-refractivity contribution in [2.45, 2.75) is 25.8 Å². The van der Waals surface area contributed by atoms with Crippen LogP contribution in [0.3, 0.4) is 0 Å². The number of hydrogen-bond donors (Lipinski definition) is 2. The molecule has 0 bridgehead atoms. The molecule has 2 rings (SSSR count). The highest BCUT2D eigenvalue weighted by Crippen LogP contribution is 2.31. The fourth-order valence-corrected chi connectivity index (χ4v) is 3.18. The number of rotatable bonds is 5. The first-order valence-electron chi connectivity index (χ1n) is 6.96. The number of amides is 1. The van der Waals surface area contributed by atoms with Gasteiger partial charge >= 0.3 is 0 Å². The van der Waals surface area contributed by atoms with Gasteiger partial charge in [-0.25, -0.2) is 0 Å². The van der Waals surface area contributed by atoms with E-state index in [1.807, 2.05) is 18.2 Å². The van der Waals surface area contributed by atoms with E-state index in [1.54, 1.807) is 7.11 Å².